The van der Waals surface area contributed by atoms with Gasteiger partial charge in [0.2, 0.25) is 0 Å². The number of hydrogen-bond acceptors (Lipinski definition) is 4. The molecule has 1 aromatic rings. The minimum atomic E-state index is -0.518. The largest absolute Gasteiger partial charge is 0.284 e. The van der Waals surface area contributed by atoms with Crippen LogP contribution in [0.4, 0.5) is 5.69 Å². The number of halogens is 1. The smallest absolute Gasteiger partial charge is 0.258 e. The molecule has 0 aliphatic carbocycles. The molecule has 0 atom stereocenters. The molecule has 0 aromatic heterocycles. The maximum Gasteiger partial charge on any atom is 0.284 e. The minimum Gasteiger partial charge on any atom is -0.258 e. The van der Waals surface area contributed by atoms with Crippen molar-refractivity contribution in [1.29, 1.82) is 5.26 Å². The molecule has 0 saturated heterocycles. The van der Waals surface area contributed by atoms with Crippen molar-refractivity contribution in [2.45, 2.75) is 4.90 Å². The summed E-state index contributed by atoms with van der Waals surface area (Å²) in [7, 11) is 0. The lowest BCUT2D eigenvalue weighted by Crippen LogP contribution is -1.94. The summed E-state index contributed by atoms with van der Waals surface area (Å²) in [4.78, 5) is 10.4. The molecule has 0 N–H and O–H groups in total. The van der Waals surface area contributed by atoms with Crippen LogP contribution in [-0.4, -0.2) is 4.92 Å². The van der Waals surface area contributed by atoms with Crippen molar-refractivity contribution >= 4 is 40.9 Å². The first kappa shape index (κ1) is 10.3. The van der Waals surface area contributed by atoms with Crippen molar-refractivity contribution in [2.24, 2.45) is 0 Å². The van der Waals surface area contributed by atoms with Crippen LogP contribution in [0.2, 0.25) is 0 Å². The highest BCUT2D eigenvalue weighted by atomic mass is 127. The zero-order chi connectivity index (χ0) is 10.0. The van der Waals surface area contributed by atoms with Crippen molar-refractivity contribution in [1.82, 2.24) is 0 Å². The van der Waals surface area contributed by atoms with Crippen LogP contribution >= 0.6 is 35.2 Å². The van der Waals surface area contributed by atoms with Gasteiger partial charge in [-0.1, -0.05) is 0 Å². The summed E-state index contributed by atoms with van der Waals surface area (Å²) in [6, 6.07) is 4.66. The number of thiol groups is 1. The Morgan fingerprint density at radius 3 is 2.69 bits per heavy atom. The Morgan fingerprint density at radius 1 is 1.62 bits per heavy atom. The molecule has 0 amide bonds. The van der Waals surface area contributed by atoms with Crippen LogP contribution in [0, 0.1) is 25.0 Å². The van der Waals surface area contributed by atoms with Crippen molar-refractivity contribution in [3.05, 3.63) is 31.4 Å². The topological polar surface area (TPSA) is 66.9 Å². The third kappa shape index (κ3) is 1.92. The number of nitriles is 1. The van der Waals surface area contributed by atoms with E-state index < -0.39 is 4.92 Å². The van der Waals surface area contributed by atoms with Gasteiger partial charge in [0.1, 0.15) is 9.64 Å². The molecule has 1 rings (SSSR count). The molecule has 0 heterocycles. The van der Waals surface area contributed by atoms with Gasteiger partial charge in [-0.05, 0) is 28.7 Å². The van der Waals surface area contributed by atoms with Gasteiger partial charge in [-0.25, -0.2) is 0 Å². The van der Waals surface area contributed by atoms with Crippen molar-refractivity contribution in [3.63, 3.8) is 0 Å². The molecule has 4 nitrogen and oxygen atoms in total. The molecule has 0 saturated carbocycles. The molecular formula is C7H3IN2O2S. The Hall–Kier alpha value is -0.810. The average Bonchev–Trinajstić information content (AvgIpc) is 2.04. The van der Waals surface area contributed by atoms with Gasteiger partial charge < -0.3 is 0 Å². The number of nitrogens with zero attached hydrogens (tertiary/aromatic N) is 2. The molecular weight excluding hydrogens is 303 g/mol. The van der Waals surface area contributed by atoms with E-state index in [4.69, 9.17) is 5.26 Å². The van der Waals surface area contributed by atoms with Gasteiger partial charge >= 0.3 is 0 Å². The monoisotopic (exact) mass is 306 g/mol. The number of nitro groups is 1. The van der Waals surface area contributed by atoms with E-state index in [2.05, 4.69) is 12.6 Å². The highest BCUT2D eigenvalue weighted by Gasteiger charge is 2.16. The van der Waals surface area contributed by atoms with Crippen LogP contribution in [0.15, 0.2) is 17.0 Å². The van der Waals surface area contributed by atoms with E-state index >= 15 is 0 Å². The van der Waals surface area contributed by atoms with Crippen LogP contribution in [-0.2, 0) is 0 Å². The second-order valence-corrected chi connectivity index (χ2v) is 3.72. The maximum absolute atomic E-state index is 10.5. The SMILES string of the molecule is N#Cc1c(S)ccc([N+](=O)[O-])c1I. The third-order valence-corrected chi connectivity index (χ3v) is 2.87. The number of hydrogen-bond donors (Lipinski definition) is 1. The van der Waals surface area contributed by atoms with Gasteiger partial charge in [-0.2, -0.15) is 5.26 Å². The summed E-state index contributed by atoms with van der Waals surface area (Å²) in [6.07, 6.45) is 0. The molecule has 0 aliphatic heterocycles. The molecule has 13 heavy (non-hydrogen) atoms. The van der Waals surface area contributed by atoms with Crippen molar-refractivity contribution in [2.75, 3.05) is 0 Å². The highest BCUT2D eigenvalue weighted by molar-refractivity contribution is 14.1. The Bertz CT molecular complexity index is 414. The summed E-state index contributed by atoms with van der Waals surface area (Å²) < 4.78 is 0.331. The van der Waals surface area contributed by atoms with E-state index in [0.717, 1.165) is 0 Å². The van der Waals surface area contributed by atoms with Gasteiger partial charge in [0.25, 0.3) is 5.69 Å². The first-order valence-corrected chi connectivity index (χ1v) is 4.66. The van der Waals surface area contributed by atoms with Crippen LogP contribution < -0.4 is 0 Å². The van der Waals surface area contributed by atoms with Gasteiger partial charge in [0, 0.05) is 11.0 Å². The molecule has 0 fully saturated rings. The van der Waals surface area contributed by atoms with Gasteiger partial charge in [-0.3, -0.25) is 10.1 Å². The van der Waals surface area contributed by atoms with E-state index in [-0.39, 0.29) is 11.3 Å². The quantitative estimate of drug-likeness (QED) is 0.375. The minimum absolute atomic E-state index is 0.0602. The zero-order valence-electron chi connectivity index (χ0n) is 6.19. The van der Waals surface area contributed by atoms with Crippen LogP contribution in [0.5, 0.6) is 0 Å². The summed E-state index contributed by atoms with van der Waals surface area (Å²) in [5, 5.41) is 19.1. The first-order valence-electron chi connectivity index (χ1n) is 3.14. The molecule has 0 radical (unpaired) electrons. The normalized spacial score (nSPS) is 9.31. The Morgan fingerprint density at radius 2 is 2.23 bits per heavy atom. The number of benzene rings is 1. The maximum atomic E-state index is 10.5. The summed E-state index contributed by atoms with van der Waals surface area (Å²) in [6.45, 7) is 0. The van der Waals surface area contributed by atoms with Crippen LogP contribution in [0.25, 0.3) is 0 Å². The highest BCUT2D eigenvalue weighted by Crippen LogP contribution is 2.28. The van der Waals surface area contributed by atoms with Crippen molar-refractivity contribution < 1.29 is 4.92 Å². The van der Waals surface area contributed by atoms with Crippen LogP contribution in [0.1, 0.15) is 5.56 Å². The summed E-state index contributed by atoms with van der Waals surface area (Å²) >= 11 is 5.78. The van der Waals surface area contributed by atoms with Gasteiger partial charge in [0.05, 0.1) is 10.5 Å². The third-order valence-electron chi connectivity index (χ3n) is 1.41. The second kappa shape index (κ2) is 3.93. The Labute approximate surface area is 93.3 Å². The predicted molar refractivity (Wildman–Crippen MR) is 57.8 cm³/mol. The average molecular weight is 306 g/mol. The number of rotatable bonds is 1. The summed E-state index contributed by atoms with van der Waals surface area (Å²) in [5.41, 5.74) is 0.188. The summed E-state index contributed by atoms with van der Waals surface area (Å²) in [5.74, 6) is 0. The first-order chi connectivity index (χ1) is 6.07. The van der Waals surface area contributed by atoms with E-state index in [0.29, 0.717) is 8.47 Å². The molecule has 0 bridgehead atoms. The van der Waals surface area contributed by atoms with E-state index in [1.54, 1.807) is 22.6 Å². The lowest BCUT2D eigenvalue weighted by Gasteiger charge is -1.99. The predicted octanol–water partition coefficient (Wildman–Crippen LogP) is 2.36. The standard InChI is InChI=1S/C7H3IN2O2S/c8-7-4(3-9)6(13)2-1-5(7)10(11)12/h1-2,13H. The fraction of sp³-hybridized carbons (Fsp3) is 0. The lowest BCUT2D eigenvalue weighted by molar-refractivity contribution is -0.385. The van der Waals surface area contributed by atoms with E-state index in [1.807, 2.05) is 6.07 Å². The molecule has 0 unspecified atom stereocenters. The fourth-order valence-corrected chi connectivity index (χ4v) is 2.04. The van der Waals surface area contributed by atoms with E-state index in [9.17, 15) is 10.1 Å². The van der Waals surface area contributed by atoms with Crippen molar-refractivity contribution in [3.8, 4) is 6.07 Å². The lowest BCUT2D eigenvalue weighted by atomic mass is 10.2. The molecule has 66 valence electrons. The second-order valence-electron chi connectivity index (χ2n) is 2.16. The molecule has 0 aliphatic rings. The Balaban J connectivity index is 3.47. The van der Waals surface area contributed by atoms with Gasteiger partial charge in [-0.15, -0.1) is 12.6 Å². The zero-order valence-corrected chi connectivity index (χ0v) is 9.24. The number of nitro benzene ring substituents is 1. The molecule has 1 aromatic carbocycles. The molecule has 6 heteroatoms. The van der Waals surface area contributed by atoms with Gasteiger partial charge in [0.15, 0.2) is 0 Å². The molecule has 0 spiro atoms. The fourth-order valence-electron chi connectivity index (χ4n) is 0.802. The Kier molecular flexibility index (Phi) is 3.11. The van der Waals surface area contributed by atoms with Crippen LogP contribution in [0.3, 0.4) is 0 Å². The van der Waals surface area contributed by atoms with E-state index in [1.165, 1.54) is 12.1 Å².